The maximum Gasteiger partial charge on any atom is 0.290 e. The lowest BCUT2D eigenvalue weighted by molar-refractivity contribution is 0.0959. The first-order valence-corrected chi connectivity index (χ1v) is 6.45. The molecular formula is C14H14N6O. The molecule has 0 bridgehead atoms. The van der Waals surface area contributed by atoms with E-state index in [0.717, 1.165) is 22.3 Å². The average molecular weight is 282 g/mol. The van der Waals surface area contributed by atoms with Crippen molar-refractivity contribution in [3.8, 4) is 0 Å². The Labute approximate surface area is 120 Å². The number of aromatic amines is 1. The minimum absolute atomic E-state index is 0.322. The number of para-hydroxylation sites is 1. The fraction of sp³-hybridized carbons (Fsp3) is 0.143. The maximum absolute atomic E-state index is 12.2. The van der Waals surface area contributed by atoms with Crippen LogP contribution >= 0.6 is 0 Å². The van der Waals surface area contributed by atoms with Gasteiger partial charge < -0.3 is 0 Å². The van der Waals surface area contributed by atoms with E-state index in [-0.39, 0.29) is 5.91 Å². The molecule has 0 saturated heterocycles. The quantitative estimate of drug-likeness (QED) is 0.636. The Hall–Kier alpha value is -2.96. The van der Waals surface area contributed by atoms with Gasteiger partial charge in [-0.05, 0) is 26.0 Å². The third kappa shape index (κ3) is 2.66. The van der Waals surface area contributed by atoms with E-state index >= 15 is 0 Å². The summed E-state index contributed by atoms with van der Waals surface area (Å²) in [6, 6.07) is 9.29. The number of nitrogens with zero attached hydrogens (tertiary/aromatic N) is 3. The minimum atomic E-state index is -0.352. The smallest absolute Gasteiger partial charge is 0.277 e. The number of benzene rings is 1. The lowest BCUT2D eigenvalue weighted by Gasteiger charge is -2.07. The summed E-state index contributed by atoms with van der Waals surface area (Å²) in [5.74, 6) is -0.00380. The molecule has 0 radical (unpaired) electrons. The van der Waals surface area contributed by atoms with Crippen LogP contribution < -0.4 is 10.9 Å². The second-order valence-electron chi connectivity index (χ2n) is 4.67. The van der Waals surface area contributed by atoms with E-state index in [1.807, 2.05) is 44.2 Å². The van der Waals surface area contributed by atoms with Crippen LogP contribution in [-0.4, -0.2) is 26.1 Å². The number of hydrazine groups is 1. The average Bonchev–Trinajstić information content (AvgIpc) is 2.88. The highest BCUT2D eigenvalue weighted by molar-refractivity contribution is 6.04. The molecule has 2 heterocycles. The second kappa shape index (κ2) is 5.20. The van der Waals surface area contributed by atoms with Gasteiger partial charge in [-0.1, -0.05) is 18.2 Å². The number of fused-ring (bicyclic) bond motifs is 1. The molecule has 0 aliphatic heterocycles. The topological polar surface area (TPSA) is 95.6 Å². The Morgan fingerprint density at radius 1 is 1.14 bits per heavy atom. The predicted octanol–water partition coefficient (Wildman–Crippen LogP) is 1.73. The molecule has 0 aliphatic carbocycles. The Morgan fingerprint density at radius 3 is 2.62 bits per heavy atom. The van der Waals surface area contributed by atoms with Crippen molar-refractivity contribution in [2.75, 3.05) is 5.43 Å². The van der Waals surface area contributed by atoms with Gasteiger partial charge in [-0.3, -0.25) is 20.7 Å². The van der Waals surface area contributed by atoms with Crippen molar-refractivity contribution in [1.29, 1.82) is 0 Å². The Morgan fingerprint density at radius 2 is 1.86 bits per heavy atom. The number of hydrogen-bond acceptors (Lipinski definition) is 5. The number of carbonyl (C=O) groups excluding carboxylic acids is 1. The molecule has 2 aromatic heterocycles. The molecule has 3 aromatic rings. The summed E-state index contributed by atoms with van der Waals surface area (Å²) in [5, 5.41) is 7.60. The summed E-state index contributed by atoms with van der Waals surface area (Å²) in [5.41, 5.74) is 8.03. The molecule has 7 heteroatoms. The summed E-state index contributed by atoms with van der Waals surface area (Å²) in [6.07, 6.45) is 0. The van der Waals surface area contributed by atoms with E-state index in [0.29, 0.717) is 11.6 Å². The Kier molecular flexibility index (Phi) is 3.23. The van der Waals surface area contributed by atoms with Crippen LogP contribution in [0.2, 0.25) is 0 Å². The van der Waals surface area contributed by atoms with E-state index in [1.54, 1.807) is 0 Å². The first-order valence-electron chi connectivity index (χ1n) is 6.45. The van der Waals surface area contributed by atoms with Crippen LogP contribution in [-0.2, 0) is 0 Å². The molecule has 0 spiro atoms. The number of nitrogens with one attached hydrogen (secondary N) is 3. The number of rotatable bonds is 3. The first kappa shape index (κ1) is 13.0. The van der Waals surface area contributed by atoms with Crippen LogP contribution in [0.3, 0.4) is 0 Å². The van der Waals surface area contributed by atoms with Crippen LogP contribution in [0.1, 0.15) is 21.9 Å². The van der Waals surface area contributed by atoms with Crippen molar-refractivity contribution in [3.63, 3.8) is 0 Å². The van der Waals surface area contributed by atoms with Gasteiger partial charge in [0.05, 0.1) is 5.52 Å². The van der Waals surface area contributed by atoms with Gasteiger partial charge in [0.25, 0.3) is 5.91 Å². The van der Waals surface area contributed by atoms with Crippen LogP contribution in [0, 0.1) is 13.8 Å². The first-order chi connectivity index (χ1) is 10.1. The summed E-state index contributed by atoms with van der Waals surface area (Å²) in [4.78, 5) is 20.5. The van der Waals surface area contributed by atoms with Crippen LogP contribution in [0.25, 0.3) is 10.9 Å². The minimum Gasteiger partial charge on any atom is -0.277 e. The molecule has 3 N–H and O–H groups in total. The van der Waals surface area contributed by atoms with Crippen molar-refractivity contribution < 1.29 is 4.79 Å². The van der Waals surface area contributed by atoms with Crippen molar-refractivity contribution in [3.05, 3.63) is 47.4 Å². The summed E-state index contributed by atoms with van der Waals surface area (Å²) < 4.78 is 0. The maximum atomic E-state index is 12.2. The zero-order valence-electron chi connectivity index (χ0n) is 11.6. The van der Waals surface area contributed by atoms with Crippen LogP contribution in [0.15, 0.2) is 30.3 Å². The molecule has 7 nitrogen and oxygen atoms in total. The van der Waals surface area contributed by atoms with Crippen molar-refractivity contribution in [2.45, 2.75) is 13.8 Å². The molecular weight excluding hydrogens is 268 g/mol. The normalized spacial score (nSPS) is 10.6. The number of H-pyrrole nitrogens is 1. The largest absolute Gasteiger partial charge is 0.290 e. The van der Waals surface area contributed by atoms with Crippen molar-refractivity contribution >= 4 is 22.8 Å². The highest BCUT2D eigenvalue weighted by Gasteiger charge is 2.13. The molecule has 1 aromatic carbocycles. The van der Waals surface area contributed by atoms with Crippen molar-refractivity contribution in [2.24, 2.45) is 0 Å². The fourth-order valence-corrected chi connectivity index (χ4v) is 2.09. The molecule has 1 amide bonds. The Bertz CT molecular complexity index is 790. The molecule has 21 heavy (non-hydrogen) atoms. The van der Waals surface area contributed by atoms with E-state index in [2.05, 4.69) is 31.0 Å². The molecule has 3 rings (SSSR count). The van der Waals surface area contributed by atoms with Gasteiger partial charge >= 0.3 is 0 Å². The summed E-state index contributed by atoms with van der Waals surface area (Å²) >= 11 is 0. The van der Waals surface area contributed by atoms with Gasteiger partial charge in [0, 0.05) is 16.8 Å². The monoisotopic (exact) mass is 282 g/mol. The highest BCUT2D eigenvalue weighted by Crippen LogP contribution is 2.14. The van der Waals surface area contributed by atoms with Crippen LogP contribution in [0.4, 0.5) is 5.95 Å². The van der Waals surface area contributed by atoms with Gasteiger partial charge in [-0.25, -0.2) is 9.97 Å². The number of aromatic nitrogens is 4. The summed E-state index contributed by atoms with van der Waals surface area (Å²) in [6.45, 7) is 3.73. The van der Waals surface area contributed by atoms with E-state index in [9.17, 15) is 4.79 Å². The lowest BCUT2D eigenvalue weighted by Crippen LogP contribution is -2.31. The molecule has 0 fully saturated rings. The number of aryl methyl sites for hydroxylation is 2. The van der Waals surface area contributed by atoms with Gasteiger partial charge in [0.2, 0.25) is 5.95 Å². The Balaban J connectivity index is 1.77. The van der Waals surface area contributed by atoms with Gasteiger partial charge in [-0.15, -0.1) is 0 Å². The number of anilines is 1. The highest BCUT2D eigenvalue weighted by atomic mass is 16.2. The zero-order chi connectivity index (χ0) is 14.8. The fourth-order valence-electron chi connectivity index (χ4n) is 2.09. The number of hydrogen-bond donors (Lipinski definition) is 3. The van der Waals surface area contributed by atoms with Gasteiger partial charge in [-0.2, -0.15) is 5.10 Å². The molecule has 0 unspecified atom stereocenters. The van der Waals surface area contributed by atoms with E-state index in [4.69, 9.17) is 0 Å². The SMILES string of the molecule is Cc1cc(C)nc(NNC(=O)c2n[nH]c3ccccc23)n1. The third-order valence-corrected chi connectivity index (χ3v) is 2.96. The van der Waals surface area contributed by atoms with Crippen LogP contribution in [0.5, 0.6) is 0 Å². The van der Waals surface area contributed by atoms with Gasteiger partial charge in [0.15, 0.2) is 5.69 Å². The molecule has 0 atom stereocenters. The predicted molar refractivity (Wildman–Crippen MR) is 78.7 cm³/mol. The zero-order valence-corrected chi connectivity index (χ0v) is 11.6. The van der Waals surface area contributed by atoms with E-state index < -0.39 is 0 Å². The number of carbonyl (C=O) groups is 1. The van der Waals surface area contributed by atoms with E-state index in [1.165, 1.54) is 0 Å². The number of amides is 1. The molecule has 0 aliphatic rings. The van der Waals surface area contributed by atoms with Gasteiger partial charge in [0.1, 0.15) is 0 Å². The molecule has 106 valence electrons. The lowest BCUT2D eigenvalue weighted by atomic mass is 10.2. The second-order valence-corrected chi connectivity index (χ2v) is 4.67. The van der Waals surface area contributed by atoms with Crippen molar-refractivity contribution in [1.82, 2.24) is 25.6 Å². The third-order valence-electron chi connectivity index (χ3n) is 2.96. The standard InChI is InChI=1S/C14H14N6O/c1-8-7-9(2)16-14(15-8)20-19-13(21)12-10-5-3-4-6-11(10)17-18-12/h3-7H,1-2H3,(H,17,18)(H,19,21)(H,15,16,20). The summed E-state index contributed by atoms with van der Waals surface area (Å²) in [7, 11) is 0. The molecule has 0 saturated carbocycles.